The molecule has 8 heteroatoms. The second kappa shape index (κ2) is 10.8. The van der Waals surface area contributed by atoms with Crippen molar-refractivity contribution in [1.29, 1.82) is 0 Å². The number of benzene rings is 1. The maximum atomic E-state index is 13.0. The summed E-state index contributed by atoms with van der Waals surface area (Å²) in [4.78, 5) is 38.3. The highest BCUT2D eigenvalue weighted by Gasteiger charge is 2.45. The number of carbonyl (C=O) groups is 3. The minimum absolute atomic E-state index is 0.136. The van der Waals surface area contributed by atoms with E-state index in [1.54, 1.807) is 34.6 Å². The number of alkyl carbamates (subject to hydrolysis) is 1. The van der Waals surface area contributed by atoms with Crippen LogP contribution in [0.25, 0.3) is 0 Å². The number of cyclic esters (lactones) is 1. The molecule has 1 aromatic rings. The maximum Gasteiger partial charge on any atom is 0.417 e. The number of hydrogen-bond acceptors (Lipinski definition) is 6. The van der Waals surface area contributed by atoms with Gasteiger partial charge in [-0.25, -0.2) is 14.5 Å². The van der Waals surface area contributed by atoms with Gasteiger partial charge in [0.1, 0.15) is 11.7 Å². The van der Waals surface area contributed by atoms with Crippen LogP contribution >= 0.6 is 0 Å². The Morgan fingerprint density at radius 2 is 1.81 bits per heavy atom. The monoisotopic (exact) mass is 448 g/mol. The summed E-state index contributed by atoms with van der Waals surface area (Å²) in [5.41, 5.74) is 0.256. The zero-order valence-corrected chi connectivity index (χ0v) is 19.8. The first-order valence-corrected chi connectivity index (χ1v) is 11.2. The Balaban J connectivity index is 1.84. The van der Waals surface area contributed by atoms with Crippen LogP contribution in [0.1, 0.15) is 72.5 Å². The van der Waals surface area contributed by atoms with Crippen molar-refractivity contribution >= 4 is 18.1 Å². The van der Waals surface area contributed by atoms with E-state index in [1.165, 1.54) is 0 Å². The molecule has 1 aliphatic heterocycles. The Labute approximate surface area is 190 Å². The smallest absolute Gasteiger partial charge is 0.417 e. The molecule has 178 valence electrons. The van der Waals surface area contributed by atoms with Gasteiger partial charge in [-0.05, 0) is 59.4 Å². The normalized spacial score (nSPS) is 21.5. The molecule has 1 aromatic carbocycles. The number of hydrogen-bond donors (Lipinski definition) is 2. The standard InChI is InChI=1S/C24H36N2O6/c1-15(25-22(29)32-24(4,5)6)11-10-14-19(27)16(2)21(28)26-17(3)20(31-23(26)30)18-12-8-7-9-13-18/h7-9,12-13,15-17,19-20,27H,10-11,14H2,1-6H3,(H,25,29)/t15-,16+,17+,19?,20+/m0/s1. The molecule has 32 heavy (non-hydrogen) atoms. The van der Waals surface area contributed by atoms with E-state index in [4.69, 9.17) is 9.47 Å². The second-order valence-corrected chi connectivity index (χ2v) is 9.50. The molecule has 2 N–H and O–H groups in total. The molecule has 1 heterocycles. The summed E-state index contributed by atoms with van der Waals surface area (Å²) in [6.07, 6.45) is -1.03. The highest BCUT2D eigenvalue weighted by atomic mass is 16.6. The Morgan fingerprint density at radius 3 is 2.41 bits per heavy atom. The Kier molecular flexibility index (Phi) is 8.66. The number of rotatable bonds is 8. The lowest BCUT2D eigenvalue weighted by atomic mass is 9.96. The van der Waals surface area contributed by atoms with Gasteiger partial charge in [0.25, 0.3) is 0 Å². The van der Waals surface area contributed by atoms with Crippen molar-refractivity contribution in [3.63, 3.8) is 0 Å². The van der Waals surface area contributed by atoms with Gasteiger partial charge in [0.15, 0.2) is 0 Å². The van der Waals surface area contributed by atoms with Gasteiger partial charge in [0, 0.05) is 6.04 Å². The summed E-state index contributed by atoms with van der Waals surface area (Å²) >= 11 is 0. The fraction of sp³-hybridized carbons (Fsp3) is 0.625. The number of nitrogens with zero attached hydrogens (tertiary/aromatic N) is 1. The summed E-state index contributed by atoms with van der Waals surface area (Å²) in [5, 5.41) is 13.3. The van der Waals surface area contributed by atoms with E-state index in [0.29, 0.717) is 19.3 Å². The summed E-state index contributed by atoms with van der Waals surface area (Å²) in [7, 11) is 0. The van der Waals surface area contributed by atoms with Crippen LogP contribution in [0.4, 0.5) is 9.59 Å². The number of aliphatic hydroxyl groups excluding tert-OH is 1. The summed E-state index contributed by atoms with van der Waals surface area (Å²) in [5.74, 6) is -1.21. The highest BCUT2D eigenvalue weighted by Crippen LogP contribution is 2.33. The van der Waals surface area contributed by atoms with Crippen LogP contribution in [0, 0.1) is 5.92 Å². The Morgan fingerprint density at radius 1 is 1.19 bits per heavy atom. The van der Waals surface area contributed by atoms with Crippen LogP contribution in [-0.2, 0) is 14.3 Å². The van der Waals surface area contributed by atoms with Crippen LogP contribution in [0.3, 0.4) is 0 Å². The molecule has 5 atom stereocenters. The van der Waals surface area contributed by atoms with Gasteiger partial charge in [-0.15, -0.1) is 0 Å². The molecule has 0 saturated carbocycles. The van der Waals surface area contributed by atoms with Crippen LogP contribution in [0.2, 0.25) is 0 Å². The molecule has 1 saturated heterocycles. The quantitative estimate of drug-likeness (QED) is 0.618. The molecule has 1 unspecified atom stereocenters. The second-order valence-electron chi connectivity index (χ2n) is 9.50. The number of nitrogens with one attached hydrogen (secondary N) is 1. The molecule has 1 fully saturated rings. The fourth-order valence-electron chi connectivity index (χ4n) is 3.69. The van der Waals surface area contributed by atoms with Crippen molar-refractivity contribution in [1.82, 2.24) is 10.2 Å². The van der Waals surface area contributed by atoms with Crippen molar-refractivity contribution in [2.45, 2.75) is 90.7 Å². The van der Waals surface area contributed by atoms with E-state index in [-0.39, 0.29) is 6.04 Å². The molecule has 8 nitrogen and oxygen atoms in total. The van der Waals surface area contributed by atoms with E-state index in [0.717, 1.165) is 10.5 Å². The fourth-order valence-corrected chi connectivity index (χ4v) is 3.69. The number of imide groups is 1. The summed E-state index contributed by atoms with van der Waals surface area (Å²) in [6.45, 7) is 10.6. The molecular formula is C24H36N2O6. The number of amides is 3. The summed E-state index contributed by atoms with van der Waals surface area (Å²) < 4.78 is 10.7. The minimum atomic E-state index is -0.910. The van der Waals surface area contributed by atoms with Crippen LogP contribution in [0.5, 0.6) is 0 Å². The van der Waals surface area contributed by atoms with Gasteiger partial charge in [0.2, 0.25) is 5.91 Å². The van der Waals surface area contributed by atoms with Gasteiger partial charge in [0.05, 0.1) is 18.1 Å². The SMILES string of the molecule is C[C@@H]1[C@H](c2ccccc2)OC(=O)N1C(=O)[C@H](C)C(O)CCC[C@H](C)NC(=O)OC(C)(C)C. The zero-order valence-electron chi connectivity index (χ0n) is 19.8. The first-order chi connectivity index (χ1) is 14.9. The molecular weight excluding hydrogens is 412 g/mol. The van der Waals surface area contributed by atoms with Gasteiger partial charge < -0.3 is 19.9 Å². The van der Waals surface area contributed by atoms with E-state index < -0.39 is 47.9 Å². The van der Waals surface area contributed by atoms with Crippen molar-refractivity contribution in [3.05, 3.63) is 35.9 Å². The third-order valence-electron chi connectivity index (χ3n) is 5.50. The molecule has 0 radical (unpaired) electrons. The first-order valence-electron chi connectivity index (χ1n) is 11.2. The number of aliphatic hydroxyl groups is 1. The molecule has 0 aliphatic carbocycles. The molecule has 0 aromatic heterocycles. The van der Waals surface area contributed by atoms with Gasteiger partial charge in [-0.1, -0.05) is 37.3 Å². The molecule has 2 rings (SSSR count). The van der Waals surface area contributed by atoms with E-state index in [2.05, 4.69) is 5.32 Å². The lowest BCUT2D eigenvalue weighted by molar-refractivity contribution is -0.136. The zero-order chi connectivity index (χ0) is 24.1. The highest BCUT2D eigenvalue weighted by molar-refractivity contribution is 5.95. The molecule has 1 aliphatic rings. The van der Waals surface area contributed by atoms with Crippen molar-refractivity contribution in [3.8, 4) is 0 Å². The third kappa shape index (κ3) is 6.95. The Hall–Kier alpha value is -2.61. The van der Waals surface area contributed by atoms with Gasteiger partial charge in [-0.2, -0.15) is 0 Å². The van der Waals surface area contributed by atoms with Gasteiger partial charge in [-0.3, -0.25) is 4.79 Å². The van der Waals surface area contributed by atoms with Crippen molar-refractivity contribution in [2.75, 3.05) is 0 Å². The molecule has 3 amide bonds. The molecule has 0 spiro atoms. The van der Waals surface area contributed by atoms with Crippen LogP contribution < -0.4 is 5.32 Å². The minimum Gasteiger partial charge on any atom is -0.444 e. The topological polar surface area (TPSA) is 105 Å². The van der Waals surface area contributed by atoms with Crippen molar-refractivity contribution < 1.29 is 29.0 Å². The predicted molar refractivity (Wildman–Crippen MR) is 120 cm³/mol. The van der Waals surface area contributed by atoms with E-state index >= 15 is 0 Å². The van der Waals surface area contributed by atoms with E-state index in [1.807, 2.05) is 37.3 Å². The average molecular weight is 449 g/mol. The van der Waals surface area contributed by atoms with Gasteiger partial charge >= 0.3 is 12.2 Å². The number of carbonyl (C=O) groups excluding carboxylic acids is 3. The maximum absolute atomic E-state index is 13.0. The summed E-state index contributed by atoms with van der Waals surface area (Å²) in [6, 6.07) is 8.68. The number of ether oxygens (including phenoxy) is 2. The molecule has 0 bridgehead atoms. The Bertz CT molecular complexity index is 791. The lowest BCUT2D eigenvalue weighted by Gasteiger charge is -2.25. The lowest BCUT2D eigenvalue weighted by Crippen LogP contribution is -2.44. The van der Waals surface area contributed by atoms with E-state index in [9.17, 15) is 19.5 Å². The largest absolute Gasteiger partial charge is 0.444 e. The van der Waals surface area contributed by atoms with Crippen LogP contribution in [0.15, 0.2) is 30.3 Å². The predicted octanol–water partition coefficient (Wildman–Crippen LogP) is 4.18. The van der Waals surface area contributed by atoms with Crippen LogP contribution in [-0.4, -0.2) is 51.9 Å². The average Bonchev–Trinajstić information content (AvgIpc) is 2.99. The first kappa shape index (κ1) is 25.6. The third-order valence-corrected chi connectivity index (χ3v) is 5.50. The van der Waals surface area contributed by atoms with Crippen molar-refractivity contribution in [2.24, 2.45) is 5.92 Å².